The maximum atomic E-state index is 12.6. The summed E-state index contributed by atoms with van der Waals surface area (Å²) in [6.45, 7) is 1.61. The van der Waals surface area contributed by atoms with Gasteiger partial charge in [-0.1, -0.05) is 49.6 Å². The molecule has 0 aliphatic carbocycles. The van der Waals surface area contributed by atoms with Crippen LogP contribution in [0.2, 0.25) is 0 Å². The molecular formula is C24H29N3O3. The van der Waals surface area contributed by atoms with Gasteiger partial charge in [-0.15, -0.1) is 0 Å². The molecule has 2 aliphatic rings. The van der Waals surface area contributed by atoms with Gasteiger partial charge in [0.25, 0.3) is 0 Å². The molecule has 1 saturated heterocycles. The van der Waals surface area contributed by atoms with E-state index in [1.165, 1.54) is 0 Å². The van der Waals surface area contributed by atoms with Crippen LogP contribution >= 0.6 is 0 Å². The highest BCUT2D eigenvalue weighted by atomic mass is 16.5. The van der Waals surface area contributed by atoms with Crippen LogP contribution in [0.25, 0.3) is 0 Å². The molecule has 6 nitrogen and oxygen atoms in total. The van der Waals surface area contributed by atoms with E-state index < -0.39 is 0 Å². The Labute approximate surface area is 177 Å². The number of carbonyl (C=O) groups excluding carboxylic acids is 1. The van der Waals surface area contributed by atoms with Crippen LogP contribution in [0, 0.1) is 0 Å². The first-order valence-electron chi connectivity index (χ1n) is 10.8. The number of aliphatic hydroxyl groups is 1. The second kappa shape index (κ2) is 9.76. The van der Waals surface area contributed by atoms with Crippen LogP contribution in [0.1, 0.15) is 43.2 Å². The highest BCUT2D eigenvalue weighted by Crippen LogP contribution is 2.32. The molecule has 1 unspecified atom stereocenters. The number of guanidine groups is 1. The van der Waals surface area contributed by atoms with E-state index in [1.807, 2.05) is 36.4 Å². The zero-order chi connectivity index (χ0) is 20.8. The van der Waals surface area contributed by atoms with Gasteiger partial charge in [-0.3, -0.25) is 10.1 Å². The van der Waals surface area contributed by atoms with Crippen LogP contribution in [0.5, 0.6) is 5.75 Å². The number of hydrogen-bond donors (Lipinski definition) is 2. The van der Waals surface area contributed by atoms with Crippen molar-refractivity contribution in [1.29, 1.82) is 0 Å². The van der Waals surface area contributed by atoms with Crippen LogP contribution in [-0.2, 0) is 17.8 Å². The van der Waals surface area contributed by atoms with E-state index in [0.29, 0.717) is 25.5 Å². The van der Waals surface area contributed by atoms with Crippen LogP contribution < -0.4 is 10.1 Å². The lowest BCUT2D eigenvalue weighted by molar-refractivity contribution is -0.121. The number of nitrogens with zero attached hydrogens (tertiary/aromatic N) is 2. The molecule has 1 amide bonds. The number of amides is 1. The minimum atomic E-state index is -0.247. The molecule has 30 heavy (non-hydrogen) atoms. The minimum absolute atomic E-state index is 0.00285. The van der Waals surface area contributed by atoms with Gasteiger partial charge < -0.3 is 14.7 Å². The Bertz CT molecular complexity index is 898. The maximum absolute atomic E-state index is 12.6. The molecule has 2 aliphatic heterocycles. The fraction of sp³-hybridized carbons (Fsp3) is 0.417. The normalized spacial score (nSPS) is 17.2. The number of aliphatic hydroxyl groups excluding tert-OH is 1. The lowest BCUT2D eigenvalue weighted by Gasteiger charge is -2.28. The van der Waals surface area contributed by atoms with Crippen LogP contribution in [-0.4, -0.2) is 41.1 Å². The van der Waals surface area contributed by atoms with Crippen molar-refractivity contribution in [1.82, 2.24) is 10.2 Å². The van der Waals surface area contributed by atoms with Crippen molar-refractivity contribution in [2.45, 2.75) is 51.1 Å². The van der Waals surface area contributed by atoms with Gasteiger partial charge in [0.2, 0.25) is 11.9 Å². The van der Waals surface area contributed by atoms with Crippen molar-refractivity contribution in [2.24, 2.45) is 4.99 Å². The Morgan fingerprint density at radius 3 is 2.70 bits per heavy atom. The summed E-state index contributed by atoms with van der Waals surface area (Å²) >= 11 is 0. The fourth-order valence-corrected chi connectivity index (χ4v) is 3.99. The molecule has 4 rings (SSSR count). The third-order valence-electron chi connectivity index (χ3n) is 5.65. The van der Waals surface area contributed by atoms with Gasteiger partial charge in [0.05, 0.1) is 12.3 Å². The van der Waals surface area contributed by atoms with E-state index in [2.05, 4.69) is 27.3 Å². The van der Waals surface area contributed by atoms with E-state index in [4.69, 9.17) is 9.84 Å². The minimum Gasteiger partial charge on any atom is -0.494 e. The Morgan fingerprint density at radius 1 is 1.07 bits per heavy atom. The quantitative estimate of drug-likeness (QED) is 0.591. The first kappa shape index (κ1) is 20.4. The SMILES string of the molecule is O=C1NC2=Nc3ccc(OCCCCCCCO)cc3CN2C1Cc1ccccc1. The molecule has 1 atom stereocenters. The van der Waals surface area contributed by atoms with Crippen molar-refractivity contribution in [3.8, 4) is 5.75 Å². The predicted molar refractivity (Wildman–Crippen MR) is 117 cm³/mol. The maximum Gasteiger partial charge on any atom is 0.249 e. The number of fused-ring (bicyclic) bond motifs is 2. The predicted octanol–water partition coefficient (Wildman–Crippen LogP) is 3.55. The molecule has 2 N–H and O–H groups in total. The molecule has 0 bridgehead atoms. The molecule has 0 saturated carbocycles. The smallest absolute Gasteiger partial charge is 0.249 e. The van der Waals surface area contributed by atoms with Gasteiger partial charge in [0.1, 0.15) is 11.8 Å². The molecule has 0 aromatic heterocycles. The fourth-order valence-electron chi connectivity index (χ4n) is 3.99. The van der Waals surface area contributed by atoms with Gasteiger partial charge in [0.15, 0.2) is 0 Å². The number of hydrogen-bond acceptors (Lipinski definition) is 5. The van der Waals surface area contributed by atoms with Crippen molar-refractivity contribution in [3.63, 3.8) is 0 Å². The number of ether oxygens (including phenoxy) is 1. The average molecular weight is 408 g/mol. The topological polar surface area (TPSA) is 74.2 Å². The number of benzene rings is 2. The number of aliphatic imine (C=N–C) groups is 1. The van der Waals surface area contributed by atoms with Crippen LogP contribution in [0.4, 0.5) is 5.69 Å². The molecule has 0 radical (unpaired) electrons. The molecule has 2 aromatic carbocycles. The molecule has 2 aromatic rings. The Balaban J connectivity index is 1.36. The second-order valence-electron chi connectivity index (χ2n) is 7.89. The number of unbranched alkanes of at least 4 members (excludes halogenated alkanes) is 4. The van der Waals surface area contributed by atoms with Crippen LogP contribution in [0.15, 0.2) is 53.5 Å². The van der Waals surface area contributed by atoms with E-state index in [9.17, 15) is 4.79 Å². The molecule has 0 spiro atoms. The van der Waals surface area contributed by atoms with E-state index in [0.717, 1.165) is 54.7 Å². The average Bonchev–Trinajstić information content (AvgIpc) is 3.06. The summed E-state index contributed by atoms with van der Waals surface area (Å²) in [6.07, 6.45) is 5.86. The summed E-state index contributed by atoms with van der Waals surface area (Å²) in [5, 5.41) is 11.8. The molecular weight excluding hydrogens is 378 g/mol. The summed E-state index contributed by atoms with van der Waals surface area (Å²) in [6, 6.07) is 15.8. The zero-order valence-electron chi connectivity index (χ0n) is 17.2. The highest BCUT2D eigenvalue weighted by Gasteiger charge is 2.39. The number of nitrogens with one attached hydrogen (secondary N) is 1. The summed E-state index contributed by atoms with van der Waals surface area (Å²) in [4.78, 5) is 19.3. The second-order valence-corrected chi connectivity index (χ2v) is 7.89. The molecule has 1 fully saturated rings. The number of rotatable bonds is 10. The highest BCUT2D eigenvalue weighted by molar-refractivity contribution is 6.07. The Kier molecular flexibility index (Phi) is 6.64. The van der Waals surface area contributed by atoms with Crippen molar-refractivity contribution in [3.05, 3.63) is 59.7 Å². The molecule has 158 valence electrons. The van der Waals surface area contributed by atoms with Gasteiger partial charge in [-0.25, -0.2) is 4.99 Å². The third-order valence-corrected chi connectivity index (χ3v) is 5.65. The van der Waals surface area contributed by atoms with Crippen LogP contribution in [0.3, 0.4) is 0 Å². The molecule has 2 heterocycles. The summed E-state index contributed by atoms with van der Waals surface area (Å²) in [5.41, 5.74) is 3.10. The van der Waals surface area contributed by atoms with E-state index in [1.54, 1.807) is 0 Å². The summed E-state index contributed by atoms with van der Waals surface area (Å²) in [5.74, 6) is 1.49. The van der Waals surface area contributed by atoms with E-state index in [-0.39, 0.29) is 18.6 Å². The van der Waals surface area contributed by atoms with Gasteiger partial charge in [0, 0.05) is 25.1 Å². The third kappa shape index (κ3) is 4.82. The lowest BCUT2D eigenvalue weighted by Crippen LogP contribution is -2.38. The summed E-state index contributed by atoms with van der Waals surface area (Å²) in [7, 11) is 0. The van der Waals surface area contributed by atoms with Gasteiger partial charge in [-0.2, -0.15) is 0 Å². The van der Waals surface area contributed by atoms with E-state index >= 15 is 0 Å². The number of carbonyl (C=O) groups is 1. The standard InChI is InChI=1S/C24H29N3O3/c28-13-7-2-1-3-8-14-30-20-11-12-21-19(16-20)17-27-22(23(29)26-24(27)25-21)15-18-9-5-4-6-10-18/h4-6,9-12,16,22,28H,1-3,7-8,13-15,17H2,(H,25,26,29). The van der Waals surface area contributed by atoms with Crippen molar-refractivity contribution >= 4 is 17.6 Å². The first-order chi connectivity index (χ1) is 14.7. The van der Waals surface area contributed by atoms with Gasteiger partial charge >= 0.3 is 0 Å². The lowest BCUT2D eigenvalue weighted by atomic mass is 10.0. The molecule has 6 heteroatoms. The Hall–Kier alpha value is -2.86. The zero-order valence-corrected chi connectivity index (χ0v) is 17.2. The monoisotopic (exact) mass is 407 g/mol. The summed E-state index contributed by atoms with van der Waals surface area (Å²) < 4.78 is 5.93. The van der Waals surface area contributed by atoms with Crippen molar-refractivity contribution < 1.29 is 14.6 Å². The van der Waals surface area contributed by atoms with Gasteiger partial charge in [-0.05, 0) is 36.6 Å². The van der Waals surface area contributed by atoms with Crippen molar-refractivity contribution in [2.75, 3.05) is 13.2 Å². The Morgan fingerprint density at radius 2 is 1.87 bits per heavy atom. The largest absolute Gasteiger partial charge is 0.494 e. The first-order valence-corrected chi connectivity index (χ1v) is 10.8.